The number of hydrogen-bond donors (Lipinski definition) is 3. The number of benzene rings is 2. The molecule has 8 heteroatoms. The van der Waals surface area contributed by atoms with Gasteiger partial charge in [-0.2, -0.15) is 13.2 Å². The molecule has 2 amide bonds. The molecule has 2 aromatic rings. The summed E-state index contributed by atoms with van der Waals surface area (Å²) in [5.74, 6) is -1.72. The molecule has 0 aliphatic carbocycles. The summed E-state index contributed by atoms with van der Waals surface area (Å²) in [6, 6.07) is 11.3. The minimum atomic E-state index is -4.52. The van der Waals surface area contributed by atoms with Gasteiger partial charge in [0.15, 0.2) is 6.10 Å². The van der Waals surface area contributed by atoms with Crippen molar-refractivity contribution >= 4 is 11.8 Å². The number of alkyl halides is 3. The van der Waals surface area contributed by atoms with E-state index in [2.05, 4.69) is 5.32 Å². The number of halogens is 3. The van der Waals surface area contributed by atoms with Gasteiger partial charge in [0.1, 0.15) is 6.04 Å². The third-order valence-electron chi connectivity index (χ3n) is 3.74. The first-order valence-corrected chi connectivity index (χ1v) is 7.67. The van der Waals surface area contributed by atoms with E-state index in [1.165, 1.54) is 0 Å². The highest BCUT2D eigenvalue weighted by atomic mass is 19.4. The van der Waals surface area contributed by atoms with E-state index in [1.54, 1.807) is 30.3 Å². The Kier molecular flexibility index (Phi) is 5.99. The lowest BCUT2D eigenvalue weighted by atomic mass is 10.0. The molecular formula is C18H17F3N2O3. The molecule has 0 fully saturated rings. The predicted octanol–water partition coefficient (Wildman–Crippen LogP) is 1.95. The Labute approximate surface area is 147 Å². The van der Waals surface area contributed by atoms with Gasteiger partial charge in [0.25, 0.3) is 5.91 Å². The average molecular weight is 366 g/mol. The first-order chi connectivity index (χ1) is 12.2. The second-order valence-electron chi connectivity index (χ2n) is 5.68. The van der Waals surface area contributed by atoms with Crippen molar-refractivity contribution in [1.82, 2.24) is 5.32 Å². The fourth-order valence-corrected chi connectivity index (χ4v) is 2.33. The number of rotatable bonds is 6. The molecule has 0 unspecified atom stereocenters. The second-order valence-corrected chi connectivity index (χ2v) is 5.68. The predicted molar refractivity (Wildman–Crippen MR) is 87.7 cm³/mol. The smallest absolute Gasteiger partial charge is 0.378 e. The standard InChI is InChI=1S/C18H17F3N2O3/c19-18(20,21)13-8-6-12(7-9-13)15(24)17(26)23-14(16(22)25)10-11-4-2-1-3-5-11/h1-9,14-15,24H,10H2,(H2,22,25)(H,23,26)/t14-,15+/m1/s1. The highest BCUT2D eigenvalue weighted by molar-refractivity contribution is 5.89. The lowest BCUT2D eigenvalue weighted by molar-refractivity contribution is -0.137. The van der Waals surface area contributed by atoms with Crippen LogP contribution in [0.15, 0.2) is 54.6 Å². The molecule has 0 spiro atoms. The molecule has 0 aromatic heterocycles. The number of hydrogen-bond acceptors (Lipinski definition) is 3. The zero-order valence-electron chi connectivity index (χ0n) is 13.5. The van der Waals surface area contributed by atoms with Crippen molar-refractivity contribution in [1.29, 1.82) is 0 Å². The van der Waals surface area contributed by atoms with Crippen LogP contribution in [0.2, 0.25) is 0 Å². The second kappa shape index (κ2) is 8.01. The maximum Gasteiger partial charge on any atom is 0.416 e. The fraction of sp³-hybridized carbons (Fsp3) is 0.222. The Morgan fingerprint density at radius 1 is 1.04 bits per heavy atom. The van der Waals surface area contributed by atoms with Crippen molar-refractivity contribution in [3.63, 3.8) is 0 Å². The van der Waals surface area contributed by atoms with Gasteiger partial charge >= 0.3 is 6.18 Å². The van der Waals surface area contributed by atoms with Crippen LogP contribution in [0.3, 0.4) is 0 Å². The molecule has 4 N–H and O–H groups in total. The van der Waals surface area contributed by atoms with Crippen LogP contribution in [0.4, 0.5) is 13.2 Å². The number of carbonyl (C=O) groups excluding carboxylic acids is 2. The highest BCUT2D eigenvalue weighted by Gasteiger charge is 2.31. The molecule has 0 saturated carbocycles. The van der Waals surface area contributed by atoms with Crippen LogP contribution in [0.5, 0.6) is 0 Å². The Balaban J connectivity index is 2.07. The lowest BCUT2D eigenvalue weighted by Gasteiger charge is -2.18. The number of nitrogens with one attached hydrogen (secondary N) is 1. The minimum absolute atomic E-state index is 0.0292. The van der Waals surface area contributed by atoms with E-state index in [0.717, 1.165) is 29.8 Å². The molecule has 0 aliphatic rings. The molecule has 2 rings (SSSR count). The summed E-state index contributed by atoms with van der Waals surface area (Å²) in [5.41, 5.74) is 5.11. The number of aliphatic hydroxyl groups is 1. The molecule has 5 nitrogen and oxygen atoms in total. The van der Waals surface area contributed by atoms with Crippen molar-refractivity contribution in [2.24, 2.45) is 5.73 Å². The lowest BCUT2D eigenvalue weighted by Crippen LogP contribution is -2.47. The largest absolute Gasteiger partial charge is 0.416 e. The molecule has 0 radical (unpaired) electrons. The summed E-state index contributed by atoms with van der Waals surface area (Å²) in [6.45, 7) is 0. The van der Waals surface area contributed by atoms with Crippen LogP contribution in [-0.4, -0.2) is 23.0 Å². The summed E-state index contributed by atoms with van der Waals surface area (Å²) < 4.78 is 37.7. The Hall–Kier alpha value is -2.87. The van der Waals surface area contributed by atoms with Gasteiger partial charge in [-0.05, 0) is 23.3 Å². The van der Waals surface area contributed by atoms with Crippen molar-refractivity contribution in [2.75, 3.05) is 0 Å². The Bertz CT molecular complexity index is 762. The first-order valence-electron chi connectivity index (χ1n) is 7.67. The van der Waals surface area contributed by atoms with Crippen LogP contribution in [0, 0.1) is 0 Å². The maximum absolute atomic E-state index is 12.6. The summed E-state index contributed by atoms with van der Waals surface area (Å²) in [6.07, 6.45) is -6.12. The summed E-state index contributed by atoms with van der Waals surface area (Å²) in [7, 11) is 0. The van der Waals surface area contributed by atoms with Crippen molar-refractivity contribution in [2.45, 2.75) is 24.7 Å². The number of aliphatic hydroxyl groups excluding tert-OH is 1. The van der Waals surface area contributed by atoms with Gasteiger partial charge < -0.3 is 16.2 Å². The van der Waals surface area contributed by atoms with E-state index < -0.39 is 35.7 Å². The molecule has 0 aliphatic heterocycles. The van der Waals surface area contributed by atoms with E-state index in [4.69, 9.17) is 5.73 Å². The number of primary amides is 1. The van der Waals surface area contributed by atoms with Gasteiger partial charge in [-0.3, -0.25) is 9.59 Å². The third kappa shape index (κ3) is 5.06. The van der Waals surface area contributed by atoms with E-state index in [-0.39, 0.29) is 12.0 Å². The Morgan fingerprint density at radius 3 is 2.12 bits per heavy atom. The third-order valence-corrected chi connectivity index (χ3v) is 3.74. The minimum Gasteiger partial charge on any atom is -0.378 e. The average Bonchev–Trinajstić information content (AvgIpc) is 2.60. The fourth-order valence-electron chi connectivity index (χ4n) is 2.33. The van der Waals surface area contributed by atoms with Gasteiger partial charge in [-0.15, -0.1) is 0 Å². The van der Waals surface area contributed by atoms with Crippen LogP contribution in [0.1, 0.15) is 22.8 Å². The van der Waals surface area contributed by atoms with E-state index >= 15 is 0 Å². The molecule has 0 heterocycles. The first kappa shape index (κ1) is 19.5. The quantitative estimate of drug-likeness (QED) is 0.730. The number of nitrogens with two attached hydrogens (primary N) is 1. The van der Waals surface area contributed by atoms with Crippen LogP contribution in [0.25, 0.3) is 0 Å². The topological polar surface area (TPSA) is 92.4 Å². The van der Waals surface area contributed by atoms with Crippen molar-refractivity contribution in [3.05, 3.63) is 71.3 Å². The molecule has 0 bridgehead atoms. The Morgan fingerprint density at radius 2 is 1.62 bits per heavy atom. The van der Waals surface area contributed by atoms with Gasteiger partial charge in [0.05, 0.1) is 5.56 Å². The zero-order chi connectivity index (χ0) is 19.3. The summed E-state index contributed by atoms with van der Waals surface area (Å²) in [5, 5.41) is 12.4. The number of carbonyl (C=O) groups is 2. The van der Waals surface area contributed by atoms with E-state index in [1.807, 2.05) is 0 Å². The van der Waals surface area contributed by atoms with Crippen molar-refractivity contribution in [3.8, 4) is 0 Å². The van der Waals surface area contributed by atoms with Crippen molar-refractivity contribution < 1.29 is 27.9 Å². The van der Waals surface area contributed by atoms with E-state index in [9.17, 15) is 27.9 Å². The van der Waals surface area contributed by atoms with Gasteiger partial charge in [0.2, 0.25) is 5.91 Å². The van der Waals surface area contributed by atoms with E-state index in [0.29, 0.717) is 0 Å². The molecule has 0 saturated heterocycles. The SMILES string of the molecule is NC(=O)[C@@H](Cc1ccccc1)NC(=O)[C@@H](O)c1ccc(C(F)(F)F)cc1. The molecular weight excluding hydrogens is 349 g/mol. The monoisotopic (exact) mass is 366 g/mol. The molecule has 2 aromatic carbocycles. The molecule has 138 valence electrons. The summed E-state index contributed by atoms with van der Waals surface area (Å²) >= 11 is 0. The normalized spacial score (nSPS) is 13.7. The van der Waals surface area contributed by atoms with Crippen LogP contribution >= 0.6 is 0 Å². The summed E-state index contributed by atoms with van der Waals surface area (Å²) in [4.78, 5) is 23.7. The molecule has 2 atom stereocenters. The zero-order valence-corrected chi connectivity index (χ0v) is 13.5. The van der Waals surface area contributed by atoms with Gasteiger partial charge in [0, 0.05) is 6.42 Å². The van der Waals surface area contributed by atoms with Gasteiger partial charge in [-0.1, -0.05) is 42.5 Å². The van der Waals surface area contributed by atoms with Gasteiger partial charge in [-0.25, -0.2) is 0 Å². The number of amides is 2. The maximum atomic E-state index is 12.6. The van der Waals surface area contributed by atoms with Crippen LogP contribution in [-0.2, 0) is 22.2 Å². The highest BCUT2D eigenvalue weighted by Crippen LogP contribution is 2.29. The van der Waals surface area contributed by atoms with Crippen LogP contribution < -0.4 is 11.1 Å². The molecule has 26 heavy (non-hydrogen) atoms.